The number of anilines is 2. The number of rotatable bonds is 2. The minimum atomic E-state index is 0.545. The minimum Gasteiger partial charge on any atom is -0.339 e. The number of aromatic nitrogens is 1. The van der Waals surface area contributed by atoms with Crippen LogP contribution < -0.4 is 5.32 Å². The molecular weight excluding hydrogens is 302 g/mol. The van der Waals surface area contributed by atoms with E-state index >= 15 is 0 Å². The summed E-state index contributed by atoms with van der Waals surface area (Å²) < 4.78 is 1.11. The Bertz CT molecular complexity index is 649. The maximum atomic E-state index is 9.10. The van der Waals surface area contributed by atoms with Gasteiger partial charge in [0.1, 0.15) is 11.9 Å². The molecule has 0 aliphatic heterocycles. The third-order valence-corrected chi connectivity index (χ3v) is 4.10. The summed E-state index contributed by atoms with van der Waals surface area (Å²) in [7, 11) is 0. The first-order chi connectivity index (χ1) is 9.01. The molecule has 3 nitrogen and oxygen atoms in total. The minimum absolute atomic E-state index is 0.545. The van der Waals surface area contributed by atoms with Crippen LogP contribution in [0.15, 0.2) is 28.7 Å². The van der Waals surface area contributed by atoms with Gasteiger partial charge >= 0.3 is 0 Å². The lowest BCUT2D eigenvalue weighted by molar-refractivity contribution is 1.18. The molecule has 1 aromatic heterocycles. The number of nitriles is 1. The van der Waals surface area contributed by atoms with E-state index in [0.29, 0.717) is 11.4 Å². The molecule has 2 aromatic rings. The molecule has 1 heterocycles. The van der Waals surface area contributed by atoms with Crippen molar-refractivity contribution in [2.75, 3.05) is 5.32 Å². The SMILES string of the molecule is Cc1ccc(C#N)c(Nc2cc(C)c(Br)c(C)c2)n1. The van der Waals surface area contributed by atoms with Gasteiger partial charge in [0.25, 0.3) is 0 Å². The highest BCUT2D eigenvalue weighted by atomic mass is 79.9. The molecule has 1 aromatic carbocycles. The molecule has 4 heteroatoms. The number of nitrogens with one attached hydrogen (secondary N) is 1. The molecule has 0 bridgehead atoms. The average molecular weight is 316 g/mol. The zero-order chi connectivity index (χ0) is 14.0. The molecule has 0 unspecified atom stereocenters. The summed E-state index contributed by atoms with van der Waals surface area (Å²) >= 11 is 3.54. The monoisotopic (exact) mass is 315 g/mol. The summed E-state index contributed by atoms with van der Waals surface area (Å²) in [5.41, 5.74) is 4.66. The van der Waals surface area contributed by atoms with Crippen LogP contribution in [-0.4, -0.2) is 4.98 Å². The van der Waals surface area contributed by atoms with Crippen molar-refractivity contribution in [3.8, 4) is 6.07 Å². The van der Waals surface area contributed by atoms with E-state index in [1.165, 1.54) is 0 Å². The van der Waals surface area contributed by atoms with Gasteiger partial charge in [-0.15, -0.1) is 0 Å². The molecule has 0 aliphatic rings. The third-order valence-electron chi connectivity index (χ3n) is 2.85. The summed E-state index contributed by atoms with van der Waals surface area (Å²) in [5, 5.41) is 12.3. The third kappa shape index (κ3) is 2.94. The Morgan fingerprint density at radius 2 is 1.79 bits per heavy atom. The second kappa shape index (κ2) is 5.41. The van der Waals surface area contributed by atoms with Gasteiger partial charge in [-0.2, -0.15) is 5.26 Å². The predicted octanol–water partition coefficient (Wildman–Crippen LogP) is 4.38. The standard InChI is InChI=1S/C15H14BrN3/c1-9-6-13(7-10(2)14(9)16)19-15-12(8-17)5-4-11(3)18-15/h4-7H,1-3H3,(H,18,19). The number of pyridine rings is 1. The zero-order valence-corrected chi connectivity index (χ0v) is 12.7. The van der Waals surface area contributed by atoms with E-state index < -0.39 is 0 Å². The average Bonchev–Trinajstić information content (AvgIpc) is 2.36. The lowest BCUT2D eigenvalue weighted by Crippen LogP contribution is -1.99. The first-order valence-corrected chi connectivity index (χ1v) is 6.72. The molecule has 19 heavy (non-hydrogen) atoms. The highest BCUT2D eigenvalue weighted by Gasteiger charge is 2.07. The molecule has 1 N–H and O–H groups in total. The Hall–Kier alpha value is -1.86. The Morgan fingerprint density at radius 3 is 2.37 bits per heavy atom. The molecule has 0 spiro atoms. The van der Waals surface area contributed by atoms with Crippen molar-refractivity contribution in [2.24, 2.45) is 0 Å². The molecule has 0 saturated heterocycles. The van der Waals surface area contributed by atoms with Gasteiger partial charge in [-0.25, -0.2) is 4.98 Å². The quantitative estimate of drug-likeness (QED) is 0.894. The topological polar surface area (TPSA) is 48.7 Å². The van der Waals surface area contributed by atoms with Gasteiger partial charge in [0.05, 0.1) is 5.56 Å². The van der Waals surface area contributed by atoms with E-state index in [4.69, 9.17) is 5.26 Å². The van der Waals surface area contributed by atoms with Crippen molar-refractivity contribution < 1.29 is 0 Å². The van der Waals surface area contributed by atoms with E-state index in [2.05, 4.69) is 32.3 Å². The van der Waals surface area contributed by atoms with Gasteiger partial charge in [-0.05, 0) is 56.2 Å². The Kier molecular flexibility index (Phi) is 3.87. The molecule has 0 fully saturated rings. The van der Waals surface area contributed by atoms with Gasteiger partial charge in [-0.3, -0.25) is 0 Å². The Balaban J connectivity index is 2.42. The van der Waals surface area contributed by atoms with Crippen LogP contribution in [0.25, 0.3) is 0 Å². The Labute approximate surface area is 121 Å². The lowest BCUT2D eigenvalue weighted by atomic mass is 10.1. The second-order valence-corrected chi connectivity index (χ2v) is 5.30. The van der Waals surface area contributed by atoms with Crippen LogP contribution in [0.1, 0.15) is 22.4 Å². The molecule has 0 atom stereocenters. The fourth-order valence-corrected chi connectivity index (χ4v) is 2.13. The maximum Gasteiger partial charge on any atom is 0.148 e. The number of nitrogens with zero attached hydrogens (tertiary/aromatic N) is 2. The van der Waals surface area contributed by atoms with Gasteiger partial charge in [0, 0.05) is 15.9 Å². The number of hydrogen-bond donors (Lipinski definition) is 1. The first kappa shape index (κ1) is 13.6. The maximum absolute atomic E-state index is 9.10. The molecule has 0 amide bonds. The smallest absolute Gasteiger partial charge is 0.148 e. The first-order valence-electron chi connectivity index (χ1n) is 5.93. The summed E-state index contributed by atoms with van der Waals surface area (Å²) in [6.07, 6.45) is 0. The van der Waals surface area contributed by atoms with Crippen molar-refractivity contribution >= 4 is 27.4 Å². The molecule has 2 rings (SSSR count). The van der Waals surface area contributed by atoms with E-state index in [1.54, 1.807) is 6.07 Å². The van der Waals surface area contributed by atoms with Crippen LogP contribution in [0.5, 0.6) is 0 Å². The largest absolute Gasteiger partial charge is 0.339 e. The van der Waals surface area contributed by atoms with Crippen LogP contribution in [0.3, 0.4) is 0 Å². The normalized spacial score (nSPS) is 10.1. The van der Waals surface area contributed by atoms with Gasteiger partial charge in [-0.1, -0.05) is 15.9 Å². The summed E-state index contributed by atoms with van der Waals surface area (Å²) in [5.74, 6) is 0.601. The van der Waals surface area contributed by atoms with Crippen molar-refractivity contribution in [1.29, 1.82) is 5.26 Å². The molecular formula is C15H14BrN3. The number of benzene rings is 1. The number of hydrogen-bond acceptors (Lipinski definition) is 3. The summed E-state index contributed by atoms with van der Waals surface area (Å²) in [6.45, 7) is 5.98. The fraction of sp³-hybridized carbons (Fsp3) is 0.200. The lowest BCUT2D eigenvalue weighted by Gasteiger charge is -2.11. The highest BCUT2D eigenvalue weighted by Crippen LogP contribution is 2.27. The van der Waals surface area contributed by atoms with Crippen molar-refractivity contribution in [3.05, 3.63) is 51.1 Å². The summed E-state index contributed by atoms with van der Waals surface area (Å²) in [4.78, 5) is 4.38. The van der Waals surface area contributed by atoms with Crippen molar-refractivity contribution in [3.63, 3.8) is 0 Å². The number of halogens is 1. The molecule has 0 saturated carbocycles. The fourth-order valence-electron chi connectivity index (χ4n) is 1.90. The second-order valence-electron chi connectivity index (χ2n) is 4.51. The molecule has 0 aliphatic carbocycles. The van der Waals surface area contributed by atoms with Gasteiger partial charge < -0.3 is 5.32 Å². The highest BCUT2D eigenvalue weighted by molar-refractivity contribution is 9.10. The van der Waals surface area contributed by atoms with Crippen LogP contribution in [0, 0.1) is 32.1 Å². The predicted molar refractivity (Wildman–Crippen MR) is 80.6 cm³/mol. The van der Waals surface area contributed by atoms with E-state index in [1.807, 2.05) is 39.0 Å². The van der Waals surface area contributed by atoms with E-state index in [-0.39, 0.29) is 0 Å². The van der Waals surface area contributed by atoms with Crippen molar-refractivity contribution in [2.45, 2.75) is 20.8 Å². The Morgan fingerprint density at radius 1 is 1.16 bits per heavy atom. The van der Waals surface area contributed by atoms with Crippen LogP contribution in [-0.2, 0) is 0 Å². The molecule has 0 radical (unpaired) electrons. The van der Waals surface area contributed by atoms with E-state index in [9.17, 15) is 0 Å². The van der Waals surface area contributed by atoms with Gasteiger partial charge in [0.2, 0.25) is 0 Å². The molecule has 96 valence electrons. The van der Waals surface area contributed by atoms with E-state index in [0.717, 1.165) is 27.0 Å². The van der Waals surface area contributed by atoms with Crippen LogP contribution >= 0.6 is 15.9 Å². The zero-order valence-electron chi connectivity index (χ0n) is 11.1. The van der Waals surface area contributed by atoms with Crippen molar-refractivity contribution in [1.82, 2.24) is 4.98 Å². The summed E-state index contributed by atoms with van der Waals surface area (Å²) in [6, 6.07) is 9.83. The number of aryl methyl sites for hydroxylation is 3. The van der Waals surface area contributed by atoms with Crippen LogP contribution in [0.2, 0.25) is 0 Å². The van der Waals surface area contributed by atoms with Crippen LogP contribution in [0.4, 0.5) is 11.5 Å². The van der Waals surface area contributed by atoms with Gasteiger partial charge in [0.15, 0.2) is 0 Å².